The van der Waals surface area contributed by atoms with E-state index < -0.39 is 10.0 Å². The molecule has 7 heteroatoms. The van der Waals surface area contributed by atoms with Gasteiger partial charge in [0.1, 0.15) is 0 Å². The van der Waals surface area contributed by atoms with Gasteiger partial charge in [-0.05, 0) is 37.5 Å². The van der Waals surface area contributed by atoms with Crippen molar-refractivity contribution in [2.75, 3.05) is 0 Å². The molecule has 1 aromatic carbocycles. The van der Waals surface area contributed by atoms with Crippen LogP contribution >= 0.6 is 11.6 Å². The normalized spacial score (nSPS) is 13.0. The predicted octanol–water partition coefficient (Wildman–Crippen LogP) is 2.60. The van der Waals surface area contributed by atoms with Crippen molar-refractivity contribution < 1.29 is 13.2 Å². The summed E-state index contributed by atoms with van der Waals surface area (Å²) in [6, 6.07) is 2.77. The molecule has 0 aliphatic carbocycles. The van der Waals surface area contributed by atoms with Gasteiger partial charge in [-0.25, -0.2) is 13.6 Å². The largest absolute Gasteiger partial charge is 0.349 e. The maximum Gasteiger partial charge on any atom is 0.251 e. The molecule has 0 aliphatic rings. The first-order valence-corrected chi connectivity index (χ1v) is 8.76. The van der Waals surface area contributed by atoms with Crippen molar-refractivity contribution in [2.24, 2.45) is 5.14 Å². The molecule has 1 amide bonds. The van der Waals surface area contributed by atoms with Crippen molar-refractivity contribution in [3.05, 3.63) is 28.3 Å². The smallest absolute Gasteiger partial charge is 0.251 e. The highest BCUT2D eigenvalue weighted by Gasteiger charge is 2.20. The van der Waals surface area contributed by atoms with Gasteiger partial charge in [0.05, 0.1) is 4.90 Å². The zero-order valence-electron chi connectivity index (χ0n) is 12.4. The number of carbonyl (C=O) groups is 1. The Hall–Kier alpha value is -1.11. The van der Waals surface area contributed by atoms with E-state index >= 15 is 0 Å². The minimum atomic E-state index is -3.92. The van der Waals surface area contributed by atoms with E-state index in [1.165, 1.54) is 12.1 Å². The van der Waals surface area contributed by atoms with Crippen LogP contribution in [0.25, 0.3) is 0 Å². The molecule has 0 fully saturated rings. The average Bonchev–Trinajstić information content (AvgIpc) is 2.39. The molecule has 1 rings (SSSR count). The van der Waals surface area contributed by atoms with Gasteiger partial charge in [-0.1, -0.05) is 31.9 Å². The molecule has 1 unspecified atom stereocenters. The van der Waals surface area contributed by atoms with Crippen LogP contribution in [0.3, 0.4) is 0 Å². The Morgan fingerprint density at radius 2 is 2.00 bits per heavy atom. The second-order valence-corrected chi connectivity index (χ2v) is 6.96. The summed E-state index contributed by atoms with van der Waals surface area (Å²) in [6.45, 7) is 5.57. The summed E-state index contributed by atoms with van der Waals surface area (Å²) in [7, 11) is -3.92. The zero-order valence-corrected chi connectivity index (χ0v) is 14.0. The van der Waals surface area contributed by atoms with Crippen LogP contribution in [0.5, 0.6) is 0 Å². The molecule has 0 radical (unpaired) electrons. The highest BCUT2D eigenvalue weighted by Crippen LogP contribution is 2.24. The van der Waals surface area contributed by atoms with E-state index in [4.69, 9.17) is 16.7 Å². The Morgan fingerprint density at radius 3 is 2.48 bits per heavy atom. The van der Waals surface area contributed by atoms with E-state index in [9.17, 15) is 13.2 Å². The third kappa shape index (κ3) is 4.69. The summed E-state index contributed by atoms with van der Waals surface area (Å²) in [6.07, 6.45) is 2.63. The molecule has 1 aromatic rings. The van der Waals surface area contributed by atoms with Crippen LogP contribution in [-0.4, -0.2) is 20.4 Å². The molecule has 0 saturated carbocycles. The van der Waals surface area contributed by atoms with Crippen LogP contribution in [0.4, 0.5) is 0 Å². The molecule has 0 spiro atoms. The van der Waals surface area contributed by atoms with Crippen molar-refractivity contribution in [3.63, 3.8) is 0 Å². The van der Waals surface area contributed by atoms with Gasteiger partial charge in [-0.2, -0.15) is 0 Å². The Balaban J connectivity index is 3.19. The molecule has 21 heavy (non-hydrogen) atoms. The molecule has 0 heterocycles. The topological polar surface area (TPSA) is 89.3 Å². The lowest BCUT2D eigenvalue weighted by Crippen LogP contribution is -2.35. The molecule has 0 aromatic heterocycles. The number of sulfonamides is 1. The first kappa shape index (κ1) is 17.9. The van der Waals surface area contributed by atoms with Crippen LogP contribution in [0.2, 0.25) is 5.02 Å². The Kier molecular flexibility index (Phi) is 6.19. The standard InChI is InChI=1S/C14H21ClN2O3S/c1-4-6-11(5-2)17-14(18)12-7-10(15)8-13(9(12)3)21(16,19)20/h7-8,11H,4-6H2,1-3H3,(H,17,18)(H2,16,19,20). The second kappa shape index (κ2) is 7.24. The van der Waals surface area contributed by atoms with Crippen LogP contribution < -0.4 is 10.5 Å². The summed E-state index contributed by atoms with van der Waals surface area (Å²) >= 11 is 5.90. The van der Waals surface area contributed by atoms with E-state index in [2.05, 4.69) is 5.32 Å². The second-order valence-electron chi connectivity index (χ2n) is 4.99. The molecule has 0 saturated heterocycles. The molecule has 0 aliphatic heterocycles. The molecule has 118 valence electrons. The number of nitrogens with one attached hydrogen (secondary N) is 1. The third-order valence-electron chi connectivity index (χ3n) is 3.34. The number of primary sulfonamides is 1. The van der Waals surface area contributed by atoms with E-state index in [0.717, 1.165) is 19.3 Å². The van der Waals surface area contributed by atoms with Crippen molar-refractivity contribution in [3.8, 4) is 0 Å². The number of carbonyl (C=O) groups excluding carboxylic acids is 1. The lowest BCUT2D eigenvalue weighted by molar-refractivity contribution is 0.0933. The fraction of sp³-hybridized carbons (Fsp3) is 0.500. The molecular formula is C14H21ClN2O3S. The minimum Gasteiger partial charge on any atom is -0.349 e. The minimum absolute atomic E-state index is 0.0545. The van der Waals surface area contributed by atoms with Crippen LogP contribution in [0.1, 0.15) is 49.0 Å². The van der Waals surface area contributed by atoms with E-state index in [1.54, 1.807) is 6.92 Å². The number of amides is 1. The lowest BCUT2D eigenvalue weighted by atomic mass is 10.1. The van der Waals surface area contributed by atoms with E-state index in [-0.39, 0.29) is 27.4 Å². The van der Waals surface area contributed by atoms with E-state index in [1.807, 2.05) is 13.8 Å². The Bertz CT molecular complexity index is 629. The first-order chi connectivity index (χ1) is 9.70. The van der Waals surface area contributed by atoms with E-state index in [0.29, 0.717) is 5.56 Å². The number of benzene rings is 1. The molecular weight excluding hydrogens is 312 g/mol. The van der Waals surface area contributed by atoms with Gasteiger partial charge < -0.3 is 5.32 Å². The van der Waals surface area contributed by atoms with Gasteiger partial charge in [0.25, 0.3) is 5.91 Å². The zero-order chi connectivity index (χ0) is 16.2. The molecule has 5 nitrogen and oxygen atoms in total. The number of halogens is 1. The van der Waals surface area contributed by atoms with Crippen molar-refractivity contribution in [2.45, 2.75) is 51.0 Å². The van der Waals surface area contributed by atoms with Crippen molar-refractivity contribution in [1.29, 1.82) is 0 Å². The fourth-order valence-corrected chi connectivity index (χ4v) is 3.29. The quantitative estimate of drug-likeness (QED) is 0.839. The monoisotopic (exact) mass is 332 g/mol. The lowest BCUT2D eigenvalue weighted by Gasteiger charge is -2.18. The summed E-state index contributed by atoms with van der Waals surface area (Å²) in [5.41, 5.74) is 0.548. The number of hydrogen-bond acceptors (Lipinski definition) is 3. The van der Waals surface area contributed by atoms with Crippen LogP contribution in [0, 0.1) is 6.92 Å². The van der Waals surface area contributed by atoms with Crippen LogP contribution in [-0.2, 0) is 10.0 Å². The number of rotatable bonds is 6. The van der Waals surface area contributed by atoms with Gasteiger partial charge in [0.2, 0.25) is 10.0 Å². The fourth-order valence-electron chi connectivity index (χ4n) is 2.18. The van der Waals surface area contributed by atoms with Gasteiger partial charge in [0, 0.05) is 16.6 Å². The summed E-state index contributed by atoms with van der Waals surface area (Å²) in [4.78, 5) is 12.2. The summed E-state index contributed by atoms with van der Waals surface area (Å²) in [5, 5.41) is 8.22. The van der Waals surface area contributed by atoms with Gasteiger partial charge in [0.15, 0.2) is 0 Å². The highest BCUT2D eigenvalue weighted by atomic mass is 35.5. The number of nitrogens with two attached hydrogens (primary N) is 1. The third-order valence-corrected chi connectivity index (χ3v) is 4.60. The Morgan fingerprint density at radius 1 is 1.38 bits per heavy atom. The van der Waals surface area contributed by atoms with Crippen LogP contribution in [0.15, 0.2) is 17.0 Å². The van der Waals surface area contributed by atoms with Gasteiger partial charge in [-0.15, -0.1) is 0 Å². The summed E-state index contributed by atoms with van der Waals surface area (Å²) in [5.74, 6) is -0.333. The summed E-state index contributed by atoms with van der Waals surface area (Å²) < 4.78 is 23.1. The van der Waals surface area contributed by atoms with Gasteiger partial charge in [-0.3, -0.25) is 4.79 Å². The molecule has 3 N–H and O–H groups in total. The SMILES string of the molecule is CCCC(CC)NC(=O)c1cc(Cl)cc(S(N)(=O)=O)c1C. The predicted molar refractivity (Wildman–Crippen MR) is 84.0 cm³/mol. The first-order valence-electron chi connectivity index (χ1n) is 6.84. The number of hydrogen-bond donors (Lipinski definition) is 2. The van der Waals surface area contributed by atoms with Gasteiger partial charge >= 0.3 is 0 Å². The maximum absolute atomic E-state index is 12.3. The van der Waals surface area contributed by atoms with Crippen molar-refractivity contribution >= 4 is 27.5 Å². The molecule has 1 atom stereocenters. The molecule has 0 bridgehead atoms. The Labute approximate surface area is 130 Å². The highest BCUT2D eigenvalue weighted by molar-refractivity contribution is 7.89. The average molecular weight is 333 g/mol. The van der Waals surface area contributed by atoms with Crippen molar-refractivity contribution in [1.82, 2.24) is 5.32 Å². The maximum atomic E-state index is 12.3.